The van der Waals surface area contributed by atoms with Crippen LogP contribution in [0.2, 0.25) is 10.0 Å². The van der Waals surface area contributed by atoms with E-state index >= 15 is 0 Å². The standard InChI is InChI=1S/C19H21Cl2N3S/c1-13-3-6-16(7-4-13)24-10-9-23(12-14(24)2)19(25)22-15-5-8-17(20)18(21)11-15/h3-8,11,14H,9-10,12H2,1-2H3,(H,22,25). The molecule has 0 bridgehead atoms. The highest BCUT2D eigenvalue weighted by atomic mass is 35.5. The van der Waals surface area contributed by atoms with Gasteiger partial charge < -0.3 is 15.1 Å². The molecule has 1 saturated heterocycles. The minimum Gasteiger partial charge on any atom is -0.365 e. The number of benzene rings is 2. The lowest BCUT2D eigenvalue weighted by Crippen LogP contribution is -2.54. The van der Waals surface area contributed by atoms with Crippen LogP contribution < -0.4 is 10.2 Å². The molecule has 3 rings (SSSR count). The molecule has 1 aliphatic rings. The number of hydrogen-bond acceptors (Lipinski definition) is 2. The van der Waals surface area contributed by atoms with E-state index in [9.17, 15) is 0 Å². The molecule has 0 radical (unpaired) electrons. The van der Waals surface area contributed by atoms with Gasteiger partial charge in [-0.25, -0.2) is 0 Å². The fourth-order valence-electron chi connectivity index (χ4n) is 3.04. The number of piperazine rings is 1. The minimum atomic E-state index is 0.380. The number of nitrogens with zero attached hydrogens (tertiary/aromatic N) is 2. The zero-order chi connectivity index (χ0) is 18.0. The van der Waals surface area contributed by atoms with E-state index in [1.807, 2.05) is 6.07 Å². The van der Waals surface area contributed by atoms with Gasteiger partial charge in [0.25, 0.3) is 0 Å². The Bertz CT molecular complexity index is 764. The minimum absolute atomic E-state index is 0.380. The van der Waals surface area contributed by atoms with Gasteiger partial charge in [0.1, 0.15) is 0 Å². The van der Waals surface area contributed by atoms with Crippen LogP contribution in [0, 0.1) is 6.92 Å². The van der Waals surface area contributed by atoms with Crippen molar-refractivity contribution in [3.05, 3.63) is 58.1 Å². The van der Waals surface area contributed by atoms with E-state index in [2.05, 4.69) is 53.2 Å². The summed E-state index contributed by atoms with van der Waals surface area (Å²) in [7, 11) is 0. The van der Waals surface area contributed by atoms with Crippen molar-refractivity contribution in [1.29, 1.82) is 0 Å². The van der Waals surface area contributed by atoms with E-state index < -0.39 is 0 Å². The van der Waals surface area contributed by atoms with E-state index in [0.29, 0.717) is 21.2 Å². The molecule has 25 heavy (non-hydrogen) atoms. The number of nitrogens with one attached hydrogen (secondary N) is 1. The van der Waals surface area contributed by atoms with Crippen molar-refractivity contribution in [1.82, 2.24) is 4.90 Å². The first kappa shape index (κ1) is 18.3. The molecule has 2 aromatic carbocycles. The third kappa shape index (κ3) is 4.38. The van der Waals surface area contributed by atoms with Crippen molar-refractivity contribution in [3.63, 3.8) is 0 Å². The molecule has 0 amide bonds. The molecule has 0 saturated carbocycles. The van der Waals surface area contributed by atoms with Crippen molar-refractivity contribution < 1.29 is 0 Å². The van der Waals surface area contributed by atoms with Crippen molar-refractivity contribution in [2.24, 2.45) is 0 Å². The number of halogens is 2. The maximum absolute atomic E-state index is 6.07. The summed E-state index contributed by atoms with van der Waals surface area (Å²) in [6.45, 7) is 7.03. The maximum Gasteiger partial charge on any atom is 0.173 e. The Balaban J connectivity index is 1.62. The van der Waals surface area contributed by atoms with Crippen LogP contribution in [0.4, 0.5) is 11.4 Å². The summed E-state index contributed by atoms with van der Waals surface area (Å²) in [5, 5.41) is 5.04. The first-order valence-corrected chi connectivity index (χ1v) is 9.45. The van der Waals surface area contributed by atoms with Crippen LogP contribution >= 0.6 is 35.4 Å². The fourth-order valence-corrected chi connectivity index (χ4v) is 3.62. The smallest absolute Gasteiger partial charge is 0.173 e. The zero-order valence-corrected chi connectivity index (χ0v) is 16.6. The van der Waals surface area contributed by atoms with Gasteiger partial charge in [-0.3, -0.25) is 0 Å². The highest BCUT2D eigenvalue weighted by Crippen LogP contribution is 2.26. The number of thiocarbonyl (C=S) groups is 1. The van der Waals surface area contributed by atoms with Gasteiger partial charge in [-0.2, -0.15) is 0 Å². The third-order valence-electron chi connectivity index (χ3n) is 4.45. The Morgan fingerprint density at radius 2 is 1.80 bits per heavy atom. The van der Waals surface area contributed by atoms with E-state index in [-0.39, 0.29) is 0 Å². The Morgan fingerprint density at radius 3 is 2.44 bits per heavy atom. The van der Waals surface area contributed by atoms with Crippen LogP contribution in [0.1, 0.15) is 12.5 Å². The summed E-state index contributed by atoms with van der Waals surface area (Å²) < 4.78 is 0. The lowest BCUT2D eigenvalue weighted by molar-refractivity contribution is 0.342. The molecule has 3 nitrogen and oxygen atoms in total. The maximum atomic E-state index is 6.07. The number of rotatable bonds is 2. The lowest BCUT2D eigenvalue weighted by Gasteiger charge is -2.42. The van der Waals surface area contributed by atoms with Crippen LogP contribution in [0.3, 0.4) is 0 Å². The van der Waals surface area contributed by atoms with Crippen LogP contribution in [-0.2, 0) is 0 Å². The molecule has 1 aliphatic heterocycles. The lowest BCUT2D eigenvalue weighted by atomic mass is 10.1. The van der Waals surface area contributed by atoms with Crippen LogP contribution in [0.15, 0.2) is 42.5 Å². The van der Waals surface area contributed by atoms with Crippen LogP contribution in [0.25, 0.3) is 0 Å². The number of hydrogen-bond donors (Lipinski definition) is 1. The normalized spacial score (nSPS) is 17.5. The van der Waals surface area contributed by atoms with E-state index in [0.717, 1.165) is 25.3 Å². The van der Waals surface area contributed by atoms with Gasteiger partial charge in [0.2, 0.25) is 0 Å². The van der Waals surface area contributed by atoms with Gasteiger partial charge in [0.15, 0.2) is 5.11 Å². The largest absolute Gasteiger partial charge is 0.365 e. The molecule has 2 aromatic rings. The summed E-state index contributed by atoms with van der Waals surface area (Å²) in [5.74, 6) is 0. The summed E-state index contributed by atoms with van der Waals surface area (Å²) in [6, 6.07) is 14.5. The van der Waals surface area contributed by atoms with E-state index in [1.54, 1.807) is 12.1 Å². The fraction of sp³-hybridized carbons (Fsp3) is 0.316. The molecule has 1 N–H and O–H groups in total. The first-order chi connectivity index (χ1) is 11.9. The molecule has 1 fully saturated rings. The van der Waals surface area contributed by atoms with Gasteiger partial charge in [-0.1, -0.05) is 40.9 Å². The molecule has 0 aromatic heterocycles. The van der Waals surface area contributed by atoms with E-state index in [4.69, 9.17) is 35.4 Å². The van der Waals surface area contributed by atoms with E-state index in [1.165, 1.54) is 11.3 Å². The second kappa shape index (κ2) is 7.81. The van der Waals surface area contributed by atoms with Crippen LogP contribution in [-0.4, -0.2) is 35.7 Å². The van der Waals surface area contributed by atoms with Gasteiger partial charge in [-0.15, -0.1) is 0 Å². The summed E-state index contributed by atoms with van der Waals surface area (Å²) >= 11 is 17.6. The van der Waals surface area contributed by atoms with Crippen LogP contribution in [0.5, 0.6) is 0 Å². The van der Waals surface area contributed by atoms with Gasteiger partial charge in [-0.05, 0) is 56.4 Å². The predicted molar refractivity (Wildman–Crippen MR) is 112 cm³/mol. The molecule has 1 unspecified atom stereocenters. The third-order valence-corrected chi connectivity index (χ3v) is 5.55. The zero-order valence-electron chi connectivity index (χ0n) is 14.3. The van der Waals surface area contributed by atoms with Crippen molar-refractivity contribution in [2.45, 2.75) is 19.9 Å². The van der Waals surface area contributed by atoms with Crippen molar-refractivity contribution >= 4 is 51.9 Å². The highest BCUT2D eigenvalue weighted by Gasteiger charge is 2.25. The van der Waals surface area contributed by atoms with Crippen molar-refractivity contribution in [3.8, 4) is 0 Å². The van der Waals surface area contributed by atoms with Crippen molar-refractivity contribution in [2.75, 3.05) is 29.9 Å². The second-order valence-corrected chi connectivity index (χ2v) is 7.58. The Hall–Kier alpha value is -1.49. The number of anilines is 2. The predicted octanol–water partition coefficient (Wildman–Crippen LogP) is 5.21. The molecule has 0 spiro atoms. The Kier molecular flexibility index (Phi) is 5.72. The first-order valence-electron chi connectivity index (χ1n) is 8.28. The topological polar surface area (TPSA) is 18.5 Å². The Labute approximate surface area is 164 Å². The average Bonchev–Trinajstić information content (AvgIpc) is 2.59. The van der Waals surface area contributed by atoms with Gasteiger partial charge in [0, 0.05) is 37.1 Å². The molecule has 1 heterocycles. The second-order valence-electron chi connectivity index (χ2n) is 6.38. The summed E-state index contributed by atoms with van der Waals surface area (Å²) in [5.41, 5.74) is 3.40. The Morgan fingerprint density at radius 1 is 1.08 bits per heavy atom. The summed E-state index contributed by atoms with van der Waals surface area (Å²) in [6.07, 6.45) is 0. The number of aryl methyl sites for hydroxylation is 1. The molecule has 6 heteroatoms. The highest BCUT2D eigenvalue weighted by molar-refractivity contribution is 7.80. The average molecular weight is 394 g/mol. The summed E-state index contributed by atoms with van der Waals surface area (Å²) in [4.78, 5) is 4.63. The quantitative estimate of drug-likeness (QED) is 0.705. The van der Waals surface area contributed by atoms with Gasteiger partial charge in [0.05, 0.1) is 10.0 Å². The molecule has 0 aliphatic carbocycles. The SMILES string of the molecule is Cc1ccc(N2CCN(C(=S)Nc3ccc(Cl)c(Cl)c3)CC2C)cc1. The molecular weight excluding hydrogens is 373 g/mol. The monoisotopic (exact) mass is 393 g/mol. The molecule has 132 valence electrons. The molecular formula is C19H21Cl2N3S. The molecule has 1 atom stereocenters. The van der Waals surface area contributed by atoms with Gasteiger partial charge >= 0.3 is 0 Å².